The van der Waals surface area contributed by atoms with Gasteiger partial charge in [0.1, 0.15) is 0 Å². The lowest BCUT2D eigenvalue weighted by molar-refractivity contribution is -0.143. The summed E-state index contributed by atoms with van der Waals surface area (Å²) < 4.78 is 21.3. The number of hydrogen-bond acceptors (Lipinski definition) is 6. The number of hydrogen-bond donors (Lipinski definition) is 0. The van der Waals surface area contributed by atoms with Crippen LogP contribution in [-0.4, -0.2) is 19.2 Å². The molecule has 0 amide bonds. The largest absolute Gasteiger partial charge is 0.486 e. The van der Waals surface area contributed by atoms with Gasteiger partial charge < -0.3 is 18.3 Å². The van der Waals surface area contributed by atoms with Crippen molar-refractivity contribution in [2.75, 3.05) is 13.2 Å². The van der Waals surface area contributed by atoms with Crippen molar-refractivity contribution in [2.45, 2.75) is 19.8 Å². The van der Waals surface area contributed by atoms with E-state index in [1.807, 2.05) is 12.1 Å². The summed E-state index contributed by atoms with van der Waals surface area (Å²) in [5, 5.41) is 1.60. The van der Waals surface area contributed by atoms with Crippen LogP contribution < -0.4 is 10.4 Å². The predicted octanol–water partition coefficient (Wildman–Crippen LogP) is 3.26. The normalized spacial score (nSPS) is 11.0. The molecule has 2 heterocycles. The topological polar surface area (TPSA) is 78.9 Å². The maximum atomic E-state index is 11.5. The Labute approximate surface area is 131 Å². The number of rotatable bonds is 6. The highest BCUT2D eigenvalue weighted by Gasteiger charge is 2.14. The summed E-state index contributed by atoms with van der Waals surface area (Å²) in [6.45, 7) is 2.41. The fraction of sp³-hybridized carbons (Fsp3) is 0.294. The fourth-order valence-electron chi connectivity index (χ4n) is 2.36. The summed E-state index contributed by atoms with van der Waals surface area (Å²) in [6.07, 6.45) is 2.31. The van der Waals surface area contributed by atoms with Gasteiger partial charge in [-0.05, 0) is 31.5 Å². The molecule has 6 nitrogen and oxygen atoms in total. The monoisotopic (exact) mass is 316 g/mol. The van der Waals surface area contributed by atoms with Crippen molar-refractivity contribution in [3.8, 4) is 5.75 Å². The summed E-state index contributed by atoms with van der Waals surface area (Å²) in [6, 6.07) is 6.71. The van der Waals surface area contributed by atoms with E-state index < -0.39 is 5.63 Å². The Morgan fingerprint density at radius 2 is 2.00 bits per heavy atom. The number of benzene rings is 1. The number of carbonyl (C=O) groups excluding carboxylic acids is 1. The molecule has 0 aliphatic carbocycles. The van der Waals surface area contributed by atoms with Crippen molar-refractivity contribution in [3.63, 3.8) is 0 Å². The average Bonchev–Trinajstić information content (AvgIpc) is 2.99. The quantitative estimate of drug-likeness (QED) is 0.394. The molecule has 0 spiro atoms. The van der Waals surface area contributed by atoms with E-state index in [0.29, 0.717) is 29.9 Å². The molecular weight excluding hydrogens is 300 g/mol. The Balaban J connectivity index is 1.85. The van der Waals surface area contributed by atoms with Crippen LogP contribution in [-0.2, 0) is 9.53 Å². The third-order valence-electron chi connectivity index (χ3n) is 3.36. The van der Waals surface area contributed by atoms with Gasteiger partial charge in [-0.3, -0.25) is 4.79 Å². The number of fused-ring (bicyclic) bond motifs is 2. The summed E-state index contributed by atoms with van der Waals surface area (Å²) >= 11 is 0. The minimum atomic E-state index is -0.459. The molecule has 0 fully saturated rings. The van der Waals surface area contributed by atoms with Crippen LogP contribution in [0.4, 0.5) is 0 Å². The van der Waals surface area contributed by atoms with E-state index in [1.165, 1.54) is 6.07 Å². The van der Waals surface area contributed by atoms with Crippen LogP contribution in [0.3, 0.4) is 0 Å². The molecule has 0 radical (unpaired) electrons. The lowest BCUT2D eigenvalue weighted by Crippen LogP contribution is -2.07. The maximum absolute atomic E-state index is 11.5. The minimum absolute atomic E-state index is 0.260. The third-order valence-corrected chi connectivity index (χ3v) is 3.36. The average molecular weight is 316 g/mol. The first-order valence-electron chi connectivity index (χ1n) is 7.41. The number of carbonyl (C=O) groups is 1. The van der Waals surface area contributed by atoms with Crippen LogP contribution in [0.2, 0.25) is 0 Å². The third kappa shape index (κ3) is 3.21. The molecule has 120 valence electrons. The maximum Gasteiger partial charge on any atom is 0.336 e. The van der Waals surface area contributed by atoms with E-state index in [4.69, 9.17) is 18.3 Å². The van der Waals surface area contributed by atoms with E-state index in [-0.39, 0.29) is 19.0 Å². The van der Waals surface area contributed by atoms with E-state index in [1.54, 1.807) is 19.3 Å². The van der Waals surface area contributed by atoms with Crippen LogP contribution in [0.15, 0.2) is 44.2 Å². The molecule has 6 heteroatoms. The van der Waals surface area contributed by atoms with Gasteiger partial charge in [0.25, 0.3) is 0 Å². The Bertz CT molecular complexity index is 889. The molecule has 23 heavy (non-hydrogen) atoms. The molecule has 0 saturated carbocycles. The number of esters is 1. The van der Waals surface area contributed by atoms with Crippen molar-refractivity contribution in [2.24, 2.45) is 0 Å². The van der Waals surface area contributed by atoms with Crippen molar-refractivity contribution in [1.82, 2.24) is 0 Å². The van der Waals surface area contributed by atoms with E-state index in [2.05, 4.69) is 0 Å². The fourth-order valence-corrected chi connectivity index (χ4v) is 2.36. The van der Waals surface area contributed by atoms with Gasteiger partial charge >= 0.3 is 11.6 Å². The van der Waals surface area contributed by atoms with E-state index in [9.17, 15) is 9.59 Å². The zero-order valence-electron chi connectivity index (χ0n) is 12.7. The Morgan fingerprint density at radius 1 is 1.17 bits per heavy atom. The SMILES string of the molecule is CCOC(=O)CCCOc1c2occc2cc2ccc(=O)oc12. The van der Waals surface area contributed by atoms with Gasteiger partial charge in [-0.15, -0.1) is 0 Å². The molecule has 1 aromatic carbocycles. The summed E-state index contributed by atoms with van der Waals surface area (Å²) in [7, 11) is 0. The number of furan rings is 1. The summed E-state index contributed by atoms with van der Waals surface area (Å²) in [5.74, 6) is 0.118. The Kier molecular flexibility index (Phi) is 4.32. The molecule has 0 atom stereocenters. The molecule has 0 aliphatic heterocycles. The second-order valence-corrected chi connectivity index (χ2v) is 4.97. The zero-order chi connectivity index (χ0) is 16.2. The van der Waals surface area contributed by atoms with Crippen LogP contribution in [0.5, 0.6) is 5.75 Å². The second kappa shape index (κ2) is 6.56. The standard InChI is InChI=1S/C17H16O6/c1-2-20-13(18)4-3-8-21-17-15-12(7-9-22-15)10-11-5-6-14(19)23-16(11)17/h5-7,9-10H,2-4,8H2,1H3. The molecule has 0 unspecified atom stereocenters. The lowest BCUT2D eigenvalue weighted by atomic mass is 10.1. The van der Waals surface area contributed by atoms with Gasteiger partial charge in [-0.1, -0.05) is 0 Å². The molecule has 3 aromatic rings. The van der Waals surface area contributed by atoms with Crippen molar-refractivity contribution in [3.05, 3.63) is 40.9 Å². The van der Waals surface area contributed by atoms with Gasteiger partial charge in [0.05, 0.1) is 19.5 Å². The highest BCUT2D eigenvalue weighted by atomic mass is 16.5. The minimum Gasteiger partial charge on any atom is -0.486 e. The van der Waals surface area contributed by atoms with Gasteiger partial charge in [0.15, 0.2) is 11.2 Å². The molecule has 2 aromatic heterocycles. The van der Waals surface area contributed by atoms with Gasteiger partial charge in [-0.2, -0.15) is 0 Å². The molecular formula is C17H16O6. The first-order chi connectivity index (χ1) is 11.2. The lowest BCUT2D eigenvalue weighted by Gasteiger charge is -2.09. The van der Waals surface area contributed by atoms with Gasteiger partial charge in [0, 0.05) is 23.3 Å². The second-order valence-electron chi connectivity index (χ2n) is 4.97. The first-order valence-corrected chi connectivity index (χ1v) is 7.41. The highest BCUT2D eigenvalue weighted by Crippen LogP contribution is 2.34. The summed E-state index contributed by atoms with van der Waals surface area (Å²) in [5.41, 5.74) is 0.402. The van der Waals surface area contributed by atoms with E-state index in [0.717, 1.165) is 10.8 Å². The van der Waals surface area contributed by atoms with Gasteiger partial charge in [-0.25, -0.2) is 4.79 Å². The summed E-state index contributed by atoms with van der Waals surface area (Å²) in [4.78, 5) is 22.8. The van der Waals surface area contributed by atoms with Crippen LogP contribution in [0.25, 0.3) is 21.9 Å². The predicted molar refractivity (Wildman–Crippen MR) is 83.6 cm³/mol. The molecule has 0 aliphatic rings. The zero-order valence-corrected chi connectivity index (χ0v) is 12.7. The molecule has 0 N–H and O–H groups in total. The smallest absolute Gasteiger partial charge is 0.336 e. The molecule has 3 rings (SSSR count). The Morgan fingerprint density at radius 3 is 2.83 bits per heavy atom. The van der Waals surface area contributed by atoms with Crippen molar-refractivity contribution in [1.29, 1.82) is 0 Å². The highest BCUT2D eigenvalue weighted by molar-refractivity contribution is 5.99. The van der Waals surface area contributed by atoms with Gasteiger partial charge in [0.2, 0.25) is 5.75 Å². The Hall–Kier alpha value is -2.76. The number of ether oxygens (including phenoxy) is 2. The van der Waals surface area contributed by atoms with Crippen LogP contribution in [0, 0.1) is 0 Å². The van der Waals surface area contributed by atoms with Crippen molar-refractivity contribution < 1.29 is 23.1 Å². The van der Waals surface area contributed by atoms with Crippen molar-refractivity contribution >= 4 is 27.9 Å². The first kappa shape index (κ1) is 15.1. The van der Waals surface area contributed by atoms with Crippen LogP contribution in [0.1, 0.15) is 19.8 Å². The molecule has 0 saturated heterocycles. The molecule has 0 bridgehead atoms. The van der Waals surface area contributed by atoms with Crippen LogP contribution >= 0.6 is 0 Å². The van der Waals surface area contributed by atoms with E-state index >= 15 is 0 Å².